The number of allylic oxidation sites excluding steroid dienone is 5. The smallest absolute Gasteiger partial charge is 0.249 e. The Balaban J connectivity index is 3.61. The Hall–Kier alpha value is -1.43. The second kappa shape index (κ2) is 52.2. The lowest BCUT2D eigenvalue weighted by molar-refractivity contribution is -0.131. The Labute approximate surface area is 387 Å². The van der Waals surface area contributed by atoms with Crippen LogP contribution in [-0.2, 0) is 4.79 Å². The van der Waals surface area contributed by atoms with Crippen LogP contribution in [0.5, 0.6) is 0 Å². The molecule has 1 amide bonds. The first-order chi connectivity index (χ1) is 30.6. The van der Waals surface area contributed by atoms with E-state index in [9.17, 15) is 20.1 Å². The highest BCUT2D eigenvalue weighted by Crippen LogP contribution is 2.17. The molecule has 0 saturated carbocycles. The summed E-state index contributed by atoms with van der Waals surface area (Å²) in [6.45, 7) is 4.20. The van der Waals surface area contributed by atoms with E-state index in [2.05, 4.69) is 43.5 Å². The first kappa shape index (κ1) is 60.6. The summed E-state index contributed by atoms with van der Waals surface area (Å²) >= 11 is 0. The molecule has 0 saturated heterocycles. The fourth-order valence-electron chi connectivity index (χ4n) is 8.63. The van der Waals surface area contributed by atoms with Gasteiger partial charge in [-0.1, -0.05) is 288 Å². The molecule has 62 heavy (non-hydrogen) atoms. The van der Waals surface area contributed by atoms with Gasteiger partial charge in [-0.25, -0.2) is 0 Å². The van der Waals surface area contributed by atoms with Crippen LogP contribution in [-0.4, -0.2) is 46.1 Å². The van der Waals surface area contributed by atoms with Gasteiger partial charge in [-0.05, 0) is 44.9 Å². The second-order valence-electron chi connectivity index (χ2n) is 19.1. The van der Waals surface area contributed by atoms with Crippen molar-refractivity contribution in [2.24, 2.45) is 0 Å². The molecule has 5 nitrogen and oxygen atoms in total. The molecule has 5 heteroatoms. The number of hydrogen-bond acceptors (Lipinski definition) is 4. The van der Waals surface area contributed by atoms with Crippen molar-refractivity contribution in [1.29, 1.82) is 0 Å². The highest BCUT2D eigenvalue weighted by atomic mass is 16.3. The van der Waals surface area contributed by atoms with Crippen LogP contribution in [0.25, 0.3) is 0 Å². The van der Waals surface area contributed by atoms with Crippen LogP contribution in [0, 0.1) is 0 Å². The summed E-state index contributed by atoms with van der Waals surface area (Å²) in [5, 5.41) is 33.3. The van der Waals surface area contributed by atoms with Crippen molar-refractivity contribution in [3.8, 4) is 0 Å². The van der Waals surface area contributed by atoms with E-state index in [1.54, 1.807) is 6.08 Å². The van der Waals surface area contributed by atoms with Crippen LogP contribution in [0.15, 0.2) is 36.5 Å². The lowest BCUT2D eigenvalue weighted by Gasteiger charge is -2.21. The molecule has 0 aromatic rings. The fourth-order valence-corrected chi connectivity index (χ4v) is 8.63. The highest BCUT2D eigenvalue weighted by molar-refractivity contribution is 5.80. The van der Waals surface area contributed by atoms with Gasteiger partial charge in [-0.3, -0.25) is 4.79 Å². The van der Waals surface area contributed by atoms with Gasteiger partial charge in [-0.15, -0.1) is 0 Å². The monoisotopic (exact) mass is 872 g/mol. The molecule has 0 aromatic heterocycles. The fraction of sp³-hybridized carbons (Fsp3) is 0.877. The number of rotatable bonds is 51. The predicted octanol–water partition coefficient (Wildman–Crippen LogP) is 17.1. The Morgan fingerprint density at radius 1 is 0.387 bits per heavy atom. The Bertz CT molecular complexity index is 962. The molecular formula is C57H109NO4. The average molecular weight is 873 g/mol. The van der Waals surface area contributed by atoms with Crippen LogP contribution in [0.3, 0.4) is 0 Å². The van der Waals surface area contributed by atoms with Crippen LogP contribution in [0.4, 0.5) is 0 Å². The summed E-state index contributed by atoms with van der Waals surface area (Å²) in [5.41, 5.74) is 0. The van der Waals surface area contributed by atoms with E-state index in [1.807, 2.05) is 6.08 Å². The Morgan fingerprint density at radius 2 is 0.661 bits per heavy atom. The maximum Gasteiger partial charge on any atom is 0.249 e. The van der Waals surface area contributed by atoms with Crippen molar-refractivity contribution in [3.63, 3.8) is 0 Å². The first-order valence-electron chi connectivity index (χ1n) is 27.8. The van der Waals surface area contributed by atoms with E-state index < -0.39 is 24.2 Å². The molecule has 0 fully saturated rings. The third-order valence-electron chi connectivity index (χ3n) is 13.0. The molecule has 0 radical (unpaired) electrons. The third-order valence-corrected chi connectivity index (χ3v) is 13.0. The zero-order chi connectivity index (χ0) is 45.1. The van der Waals surface area contributed by atoms with Crippen LogP contribution >= 0.6 is 0 Å². The molecule has 0 heterocycles. The van der Waals surface area contributed by atoms with E-state index >= 15 is 0 Å². The van der Waals surface area contributed by atoms with Gasteiger partial charge < -0.3 is 20.6 Å². The standard InChI is InChI=1S/C57H109NO4/c1-3-5-7-9-11-13-15-17-19-21-23-25-27-28-29-30-32-34-36-38-40-42-44-46-48-50-52-56(61)57(62)58-54(53-59)55(60)51-49-47-45-43-41-39-37-35-33-31-26-24-22-20-18-16-14-12-10-8-6-4-2/h33,35,41,43,49,51,54-56,59-61H,3-32,34,36-40,42,44-48,50,52-53H2,1-2H3,(H,58,62)/b35-33+,43-41+,51-49+. The van der Waals surface area contributed by atoms with Crippen molar-refractivity contribution < 1.29 is 20.1 Å². The normalized spacial score (nSPS) is 13.6. The number of carbonyl (C=O) groups excluding carboxylic acids is 1. The summed E-state index contributed by atoms with van der Waals surface area (Å²) in [4.78, 5) is 12.5. The minimum atomic E-state index is -1.11. The third kappa shape index (κ3) is 46.6. The molecule has 0 rings (SSSR count). The van der Waals surface area contributed by atoms with Crippen molar-refractivity contribution in [2.75, 3.05) is 6.61 Å². The minimum absolute atomic E-state index is 0.379. The molecule has 3 unspecified atom stereocenters. The van der Waals surface area contributed by atoms with E-state index in [-0.39, 0.29) is 6.61 Å². The van der Waals surface area contributed by atoms with E-state index in [1.165, 1.54) is 231 Å². The zero-order valence-corrected chi connectivity index (χ0v) is 41.8. The number of amides is 1. The molecule has 0 spiro atoms. The topological polar surface area (TPSA) is 89.8 Å². The maximum absolute atomic E-state index is 12.5. The molecular weight excluding hydrogens is 763 g/mol. The van der Waals surface area contributed by atoms with E-state index in [0.717, 1.165) is 44.9 Å². The maximum atomic E-state index is 12.5. The summed E-state index contributed by atoms with van der Waals surface area (Å²) in [6.07, 6.45) is 67.9. The van der Waals surface area contributed by atoms with Crippen molar-refractivity contribution in [3.05, 3.63) is 36.5 Å². The number of unbranched alkanes of at least 4 members (excludes halogenated alkanes) is 39. The summed E-state index contributed by atoms with van der Waals surface area (Å²) < 4.78 is 0. The highest BCUT2D eigenvalue weighted by Gasteiger charge is 2.22. The lowest BCUT2D eigenvalue weighted by Crippen LogP contribution is -2.48. The molecule has 0 bridgehead atoms. The number of hydrogen-bond donors (Lipinski definition) is 4. The van der Waals surface area contributed by atoms with Gasteiger partial charge in [0.1, 0.15) is 6.10 Å². The van der Waals surface area contributed by atoms with E-state index in [0.29, 0.717) is 6.42 Å². The molecule has 0 aliphatic rings. The largest absolute Gasteiger partial charge is 0.394 e. The van der Waals surface area contributed by atoms with Crippen LogP contribution < -0.4 is 5.32 Å². The minimum Gasteiger partial charge on any atom is -0.394 e. The Morgan fingerprint density at radius 3 is 0.984 bits per heavy atom. The Kier molecular flexibility index (Phi) is 51.0. The number of aliphatic hydroxyl groups is 3. The number of aliphatic hydroxyl groups excluding tert-OH is 3. The summed E-state index contributed by atoms with van der Waals surface area (Å²) in [6, 6.07) is -0.820. The van der Waals surface area contributed by atoms with Gasteiger partial charge in [0.15, 0.2) is 0 Å². The SMILES string of the molecule is CCCCCCCCCCCCCC/C=C/CC/C=C/CC/C=C/C(O)C(CO)NC(=O)C(O)CCCCCCCCCCCCCCCCCCCCCCCCCCCC. The first-order valence-corrected chi connectivity index (χ1v) is 27.8. The van der Waals surface area contributed by atoms with Gasteiger partial charge in [0.05, 0.1) is 18.8 Å². The molecule has 0 aliphatic heterocycles. The predicted molar refractivity (Wildman–Crippen MR) is 273 cm³/mol. The summed E-state index contributed by atoms with van der Waals surface area (Å²) in [7, 11) is 0. The lowest BCUT2D eigenvalue weighted by atomic mass is 10.0. The van der Waals surface area contributed by atoms with Crippen molar-refractivity contribution in [2.45, 2.75) is 315 Å². The van der Waals surface area contributed by atoms with Crippen LogP contribution in [0.2, 0.25) is 0 Å². The zero-order valence-electron chi connectivity index (χ0n) is 41.8. The van der Waals surface area contributed by atoms with Gasteiger partial charge in [0.2, 0.25) is 5.91 Å². The van der Waals surface area contributed by atoms with Crippen molar-refractivity contribution >= 4 is 5.91 Å². The van der Waals surface area contributed by atoms with Crippen LogP contribution in [0.1, 0.15) is 296 Å². The molecule has 4 N–H and O–H groups in total. The molecule has 366 valence electrons. The summed E-state index contributed by atoms with van der Waals surface area (Å²) in [5.74, 6) is -0.512. The van der Waals surface area contributed by atoms with Gasteiger partial charge in [-0.2, -0.15) is 0 Å². The quantitative estimate of drug-likeness (QED) is 0.0362. The molecule has 0 aliphatic carbocycles. The number of carbonyl (C=O) groups is 1. The number of nitrogens with one attached hydrogen (secondary N) is 1. The van der Waals surface area contributed by atoms with Gasteiger partial charge >= 0.3 is 0 Å². The second-order valence-corrected chi connectivity index (χ2v) is 19.1. The van der Waals surface area contributed by atoms with E-state index in [4.69, 9.17) is 0 Å². The molecule has 0 aromatic carbocycles. The van der Waals surface area contributed by atoms with Crippen molar-refractivity contribution in [1.82, 2.24) is 5.32 Å². The van der Waals surface area contributed by atoms with Gasteiger partial charge in [0.25, 0.3) is 0 Å². The average Bonchev–Trinajstić information content (AvgIpc) is 3.28. The molecule has 3 atom stereocenters. The van der Waals surface area contributed by atoms with Gasteiger partial charge in [0, 0.05) is 0 Å².